The highest BCUT2D eigenvalue weighted by Crippen LogP contribution is 2.26. The number of nitrogens with one attached hydrogen (secondary N) is 2. The lowest BCUT2D eigenvalue weighted by molar-refractivity contribution is 0.185. The number of hydrogen-bond donors (Lipinski definition) is 2. The first-order valence-electron chi connectivity index (χ1n) is 14.2. The summed E-state index contributed by atoms with van der Waals surface area (Å²) in [5, 5.41) is 6.69. The highest BCUT2D eigenvalue weighted by molar-refractivity contribution is 4.73. The van der Waals surface area contributed by atoms with Crippen LogP contribution in [0.25, 0.3) is 0 Å². The molecule has 0 amide bonds. The molecule has 1 aliphatic heterocycles. The molecule has 31 heavy (non-hydrogen) atoms. The Labute approximate surface area is 198 Å². The molecule has 0 aromatic carbocycles. The molecule has 3 nitrogen and oxygen atoms in total. The van der Waals surface area contributed by atoms with Gasteiger partial charge in [-0.15, -0.1) is 0 Å². The van der Waals surface area contributed by atoms with Crippen molar-refractivity contribution in [2.24, 2.45) is 17.8 Å². The maximum atomic E-state index is 3.49. The third-order valence-electron chi connectivity index (χ3n) is 5.87. The molecule has 0 radical (unpaired) electrons. The van der Waals surface area contributed by atoms with E-state index in [0.717, 1.165) is 24.3 Å². The standard InChI is InChI=1S/C10H22N2.C10H21N.C3H6.C3H8.C2H6/c1-3-12(8-7-11-2)9-10-5-4-6-10;1-3-4-10-5-6-11-8-9(2)7-10;1-2-3-1;1-3-2;1-2/h10-11H,3-9H2,1-2H3;9-11H,3-8H2,1-2H3;1-3H2;3H2,1-2H3;1-2H3. The summed E-state index contributed by atoms with van der Waals surface area (Å²) in [5.74, 6) is 2.92. The van der Waals surface area contributed by atoms with E-state index in [1.807, 2.05) is 20.9 Å². The van der Waals surface area contributed by atoms with Gasteiger partial charge >= 0.3 is 0 Å². The quantitative estimate of drug-likeness (QED) is 0.412. The van der Waals surface area contributed by atoms with Crippen molar-refractivity contribution in [3.05, 3.63) is 0 Å². The van der Waals surface area contributed by atoms with Crippen LogP contribution >= 0.6 is 0 Å². The fourth-order valence-electron chi connectivity index (χ4n) is 3.78. The van der Waals surface area contributed by atoms with Gasteiger partial charge in [-0.2, -0.15) is 0 Å². The molecule has 2 N–H and O–H groups in total. The first-order chi connectivity index (χ1) is 15.1. The van der Waals surface area contributed by atoms with Gasteiger partial charge in [-0.1, -0.05) is 93.4 Å². The Morgan fingerprint density at radius 1 is 0.903 bits per heavy atom. The number of rotatable bonds is 8. The zero-order valence-electron chi connectivity index (χ0n) is 23.2. The van der Waals surface area contributed by atoms with Crippen molar-refractivity contribution in [3.8, 4) is 0 Å². The van der Waals surface area contributed by atoms with Crippen molar-refractivity contribution in [2.75, 3.05) is 46.3 Å². The third-order valence-corrected chi connectivity index (χ3v) is 5.87. The van der Waals surface area contributed by atoms with E-state index in [-0.39, 0.29) is 0 Å². The molecule has 2 saturated carbocycles. The molecule has 3 rings (SSSR count). The van der Waals surface area contributed by atoms with Crippen LogP contribution in [0, 0.1) is 17.8 Å². The summed E-state index contributed by atoms with van der Waals surface area (Å²) < 4.78 is 0. The minimum Gasteiger partial charge on any atom is -0.318 e. The molecule has 2 atom stereocenters. The van der Waals surface area contributed by atoms with Crippen molar-refractivity contribution in [1.82, 2.24) is 15.5 Å². The van der Waals surface area contributed by atoms with Crippen LogP contribution in [-0.4, -0.2) is 51.2 Å². The van der Waals surface area contributed by atoms with Crippen LogP contribution in [-0.2, 0) is 0 Å². The molecule has 0 bridgehead atoms. The van der Waals surface area contributed by atoms with E-state index in [0.29, 0.717) is 0 Å². The fraction of sp³-hybridized carbons (Fsp3) is 1.00. The van der Waals surface area contributed by atoms with E-state index in [1.165, 1.54) is 103 Å². The summed E-state index contributed by atoms with van der Waals surface area (Å²) in [7, 11) is 2.02. The Balaban J connectivity index is 0. The zero-order chi connectivity index (χ0) is 23.7. The Hall–Kier alpha value is -0.120. The lowest BCUT2D eigenvalue weighted by Crippen LogP contribution is -2.36. The molecule has 1 saturated heterocycles. The second kappa shape index (κ2) is 26.1. The summed E-state index contributed by atoms with van der Waals surface area (Å²) in [4.78, 5) is 2.56. The van der Waals surface area contributed by atoms with E-state index in [1.54, 1.807) is 0 Å². The molecule has 3 aliphatic rings. The Kier molecular flexibility index (Phi) is 27.9. The van der Waals surface area contributed by atoms with E-state index in [4.69, 9.17) is 0 Å². The number of hydrogen-bond acceptors (Lipinski definition) is 3. The van der Waals surface area contributed by atoms with Gasteiger partial charge in [0.2, 0.25) is 0 Å². The largest absolute Gasteiger partial charge is 0.318 e. The van der Waals surface area contributed by atoms with Gasteiger partial charge in [0, 0.05) is 19.6 Å². The molecule has 190 valence electrons. The van der Waals surface area contributed by atoms with Gasteiger partial charge in [0.25, 0.3) is 0 Å². The molecule has 3 fully saturated rings. The lowest BCUT2D eigenvalue weighted by Gasteiger charge is -2.31. The molecular formula is C28H63N3. The second-order valence-electron chi connectivity index (χ2n) is 9.55. The molecule has 0 aromatic rings. The Bertz CT molecular complexity index is 313. The van der Waals surface area contributed by atoms with Crippen LogP contribution in [0.5, 0.6) is 0 Å². The highest BCUT2D eigenvalue weighted by atomic mass is 15.1. The summed E-state index contributed by atoms with van der Waals surface area (Å²) >= 11 is 0. The predicted molar refractivity (Wildman–Crippen MR) is 144 cm³/mol. The normalized spacial score (nSPS) is 22.0. The average Bonchev–Trinajstić information content (AvgIpc) is 3.62. The van der Waals surface area contributed by atoms with Gasteiger partial charge in [0.15, 0.2) is 0 Å². The molecule has 1 heterocycles. The van der Waals surface area contributed by atoms with Crippen LogP contribution in [0.4, 0.5) is 0 Å². The molecule has 0 spiro atoms. The maximum Gasteiger partial charge on any atom is 0.0107 e. The summed E-state index contributed by atoms with van der Waals surface area (Å²) in [6.07, 6.45) is 15.8. The minimum absolute atomic E-state index is 0.897. The monoisotopic (exact) mass is 442 g/mol. The second-order valence-corrected chi connectivity index (χ2v) is 9.55. The van der Waals surface area contributed by atoms with Crippen molar-refractivity contribution >= 4 is 0 Å². The number of likely N-dealkylation sites (N-methyl/N-ethyl adjacent to an activating group) is 2. The van der Waals surface area contributed by atoms with Gasteiger partial charge in [0.1, 0.15) is 0 Å². The Morgan fingerprint density at radius 3 is 1.94 bits per heavy atom. The van der Waals surface area contributed by atoms with Crippen LogP contribution in [0.2, 0.25) is 0 Å². The van der Waals surface area contributed by atoms with Crippen LogP contribution in [0.15, 0.2) is 0 Å². The van der Waals surface area contributed by atoms with Gasteiger partial charge < -0.3 is 15.5 Å². The zero-order valence-corrected chi connectivity index (χ0v) is 23.2. The lowest BCUT2D eigenvalue weighted by atomic mass is 9.85. The molecular weight excluding hydrogens is 378 g/mol. The van der Waals surface area contributed by atoms with Crippen molar-refractivity contribution < 1.29 is 0 Å². The highest BCUT2D eigenvalue weighted by Gasteiger charge is 2.19. The molecule has 3 heteroatoms. The minimum atomic E-state index is 0.897. The van der Waals surface area contributed by atoms with Gasteiger partial charge in [0.05, 0.1) is 0 Å². The van der Waals surface area contributed by atoms with Gasteiger partial charge in [-0.25, -0.2) is 0 Å². The van der Waals surface area contributed by atoms with Crippen LogP contribution < -0.4 is 10.6 Å². The van der Waals surface area contributed by atoms with Crippen molar-refractivity contribution in [3.63, 3.8) is 0 Å². The van der Waals surface area contributed by atoms with Gasteiger partial charge in [-0.3, -0.25) is 0 Å². The van der Waals surface area contributed by atoms with E-state index in [9.17, 15) is 0 Å². The molecule has 2 aliphatic carbocycles. The molecule has 2 unspecified atom stereocenters. The van der Waals surface area contributed by atoms with Crippen molar-refractivity contribution in [1.29, 1.82) is 0 Å². The molecule has 0 aromatic heterocycles. The van der Waals surface area contributed by atoms with E-state index in [2.05, 4.69) is 50.2 Å². The first-order valence-corrected chi connectivity index (χ1v) is 14.2. The summed E-state index contributed by atoms with van der Waals surface area (Å²) in [6.45, 7) is 22.5. The topological polar surface area (TPSA) is 27.3 Å². The number of nitrogens with zero attached hydrogens (tertiary/aromatic N) is 1. The van der Waals surface area contributed by atoms with E-state index < -0.39 is 0 Å². The van der Waals surface area contributed by atoms with Crippen molar-refractivity contribution in [2.45, 2.75) is 119 Å². The third kappa shape index (κ3) is 24.4. The van der Waals surface area contributed by atoms with E-state index >= 15 is 0 Å². The maximum absolute atomic E-state index is 3.49. The summed E-state index contributed by atoms with van der Waals surface area (Å²) in [6, 6.07) is 0. The SMILES string of the molecule is C1CC1.CC.CCC.CCCC1CCNCC(C)C1.CCN(CCNC)CC1CCC1. The fourth-order valence-corrected chi connectivity index (χ4v) is 3.78. The van der Waals surface area contributed by atoms with Crippen LogP contribution in [0.3, 0.4) is 0 Å². The predicted octanol–water partition coefficient (Wildman–Crippen LogP) is 7.36. The average molecular weight is 442 g/mol. The van der Waals surface area contributed by atoms with Crippen LogP contribution in [0.1, 0.15) is 119 Å². The Morgan fingerprint density at radius 2 is 1.52 bits per heavy atom. The first kappa shape index (κ1) is 33.1. The smallest absolute Gasteiger partial charge is 0.0107 e. The van der Waals surface area contributed by atoms with Gasteiger partial charge in [-0.05, 0) is 70.1 Å². The summed E-state index contributed by atoms with van der Waals surface area (Å²) in [5.41, 5.74) is 0.